The van der Waals surface area contributed by atoms with Gasteiger partial charge in [-0.1, -0.05) is 12.1 Å². The zero-order valence-electron chi connectivity index (χ0n) is 17.5. The molecule has 0 fully saturated rings. The van der Waals surface area contributed by atoms with Crippen LogP contribution in [0, 0.1) is 6.92 Å². The van der Waals surface area contributed by atoms with Crippen LogP contribution in [-0.2, 0) is 16.1 Å². The first-order valence-electron chi connectivity index (χ1n) is 8.84. The summed E-state index contributed by atoms with van der Waals surface area (Å²) in [6, 6.07) is 7.32. The molecule has 0 radical (unpaired) electrons. The molecule has 156 valence electrons. The third-order valence-corrected chi connectivity index (χ3v) is 4.38. The second-order valence-corrected chi connectivity index (χ2v) is 5.95. The lowest BCUT2D eigenvalue weighted by molar-refractivity contribution is -0.134. The van der Waals surface area contributed by atoms with E-state index in [9.17, 15) is 4.79 Å². The molecule has 2 aromatic rings. The molecule has 7 heteroatoms. The van der Waals surface area contributed by atoms with Gasteiger partial charge >= 0.3 is 5.97 Å². The first-order chi connectivity index (χ1) is 14.0. The predicted octanol–water partition coefficient (Wildman–Crippen LogP) is 3.79. The highest BCUT2D eigenvalue weighted by Crippen LogP contribution is 2.49. The number of carbonyl (C=O) groups excluding carboxylic acids is 1. The third-order valence-electron chi connectivity index (χ3n) is 4.38. The zero-order valence-corrected chi connectivity index (χ0v) is 17.5. The lowest BCUT2D eigenvalue weighted by Crippen LogP contribution is -2.07. The molecule has 0 unspecified atom stereocenters. The normalized spacial score (nSPS) is 10.6. The minimum atomic E-state index is -0.407. The van der Waals surface area contributed by atoms with Gasteiger partial charge in [0.15, 0.2) is 11.5 Å². The summed E-state index contributed by atoms with van der Waals surface area (Å²) >= 11 is 0. The van der Waals surface area contributed by atoms with Crippen LogP contribution in [0.15, 0.2) is 30.3 Å². The predicted molar refractivity (Wildman–Crippen MR) is 109 cm³/mol. The molecule has 0 N–H and O–H groups in total. The van der Waals surface area contributed by atoms with E-state index in [-0.39, 0.29) is 6.61 Å². The molecule has 2 aromatic carbocycles. The van der Waals surface area contributed by atoms with Crippen LogP contribution >= 0.6 is 0 Å². The van der Waals surface area contributed by atoms with Crippen LogP contribution in [0.1, 0.15) is 16.7 Å². The fraction of sp³-hybridized carbons (Fsp3) is 0.318. The van der Waals surface area contributed by atoms with Crippen molar-refractivity contribution in [3.63, 3.8) is 0 Å². The number of hydrogen-bond donors (Lipinski definition) is 0. The largest absolute Gasteiger partial charge is 0.492 e. The summed E-state index contributed by atoms with van der Waals surface area (Å²) in [7, 11) is 7.56. The van der Waals surface area contributed by atoms with E-state index in [1.54, 1.807) is 34.5 Å². The molecule has 0 aromatic heterocycles. The number of rotatable bonds is 9. The topological polar surface area (TPSA) is 72.5 Å². The minimum Gasteiger partial charge on any atom is -0.492 e. The Morgan fingerprint density at radius 3 is 1.90 bits per heavy atom. The Kier molecular flexibility index (Phi) is 7.77. The highest BCUT2D eigenvalue weighted by Gasteiger charge is 2.25. The van der Waals surface area contributed by atoms with E-state index in [0.717, 1.165) is 16.7 Å². The van der Waals surface area contributed by atoms with Crippen LogP contribution in [0.25, 0.3) is 6.08 Å². The average molecular weight is 402 g/mol. The molecular formula is C22H26O7. The van der Waals surface area contributed by atoms with Gasteiger partial charge in [0.2, 0.25) is 11.5 Å². The molecule has 2 rings (SSSR count). The second-order valence-electron chi connectivity index (χ2n) is 5.95. The van der Waals surface area contributed by atoms with Crippen molar-refractivity contribution in [3.05, 3.63) is 47.0 Å². The SMILES string of the molecule is COC(=O)/C=C/c1ccc(OCc2c(C)c(OC)c(OC)c(OC)c2OC)cc1. The summed E-state index contributed by atoms with van der Waals surface area (Å²) in [6.45, 7) is 2.14. The molecule has 0 spiro atoms. The molecular weight excluding hydrogens is 376 g/mol. The Labute approximate surface area is 170 Å². The fourth-order valence-corrected chi connectivity index (χ4v) is 2.89. The number of ether oxygens (including phenoxy) is 6. The van der Waals surface area contributed by atoms with Crippen LogP contribution in [0.4, 0.5) is 0 Å². The van der Waals surface area contributed by atoms with E-state index in [2.05, 4.69) is 4.74 Å². The molecule has 0 aliphatic rings. The molecule has 0 saturated heterocycles. The van der Waals surface area contributed by atoms with Gasteiger partial charge in [0.25, 0.3) is 0 Å². The molecule has 0 atom stereocenters. The summed E-state index contributed by atoms with van der Waals surface area (Å²) < 4.78 is 32.5. The van der Waals surface area contributed by atoms with E-state index in [1.807, 2.05) is 31.2 Å². The van der Waals surface area contributed by atoms with E-state index < -0.39 is 5.97 Å². The lowest BCUT2D eigenvalue weighted by atomic mass is 10.0. The second kappa shape index (κ2) is 10.3. The van der Waals surface area contributed by atoms with Gasteiger partial charge < -0.3 is 28.4 Å². The first kappa shape index (κ1) is 21.9. The lowest BCUT2D eigenvalue weighted by Gasteiger charge is -2.21. The van der Waals surface area contributed by atoms with Crippen LogP contribution < -0.4 is 23.7 Å². The molecule has 29 heavy (non-hydrogen) atoms. The average Bonchev–Trinajstić information content (AvgIpc) is 2.76. The number of hydrogen-bond acceptors (Lipinski definition) is 7. The maximum atomic E-state index is 11.2. The zero-order chi connectivity index (χ0) is 21.4. The van der Waals surface area contributed by atoms with Crippen LogP contribution in [0.5, 0.6) is 28.7 Å². The van der Waals surface area contributed by atoms with Gasteiger partial charge in [0.1, 0.15) is 12.4 Å². The fourth-order valence-electron chi connectivity index (χ4n) is 2.89. The van der Waals surface area contributed by atoms with Gasteiger partial charge in [-0.3, -0.25) is 0 Å². The highest BCUT2D eigenvalue weighted by atomic mass is 16.5. The van der Waals surface area contributed by atoms with Crippen molar-refractivity contribution in [2.24, 2.45) is 0 Å². The molecule has 0 aliphatic heterocycles. The van der Waals surface area contributed by atoms with E-state index in [1.165, 1.54) is 13.2 Å². The van der Waals surface area contributed by atoms with Crippen molar-refractivity contribution in [2.75, 3.05) is 35.5 Å². The Balaban J connectivity index is 2.28. The quantitative estimate of drug-likeness (QED) is 0.467. The maximum Gasteiger partial charge on any atom is 0.330 e. The molecule has 0 bridgehead atoms. The Morgan fingerprint density at radius 1 is 0.828 bits per heavy atom. The van der Waals surface area contributed by atoms with Crippen molar-refractivity contribution >= 4 is 12.0 Å². The molecule has 7 nitrogen and oxygen atoms in total. The Bertz CT molecular complexity index is 870. The summed E-state index contributed by atoms with van der Waals surface area (Å²) in [6.07, 6.45) is 3.03. The highest BCUT2D eigenvalue weighted by molar-refractivity contribution is 5.86. The molecule has 0 heterocycles. The standard InChI is InChI=1S/C22H26O7/c1-14-17(20(26-4)22(28-6)21(27-5)19(14)25-3)13-29-16-10-7-15(8-11-16)9-12-18(23)24-2/h7-12H,13H2,1-6H3/b12-9+. The van der Waals surface area contributed by atoms with Crippen LogP contribution in [-0.4, -0.2) is 41.5 Å². The molecule has 0 saturated carbocycles. The van der Waals surface area contributed by atoms with E-state index in [0.29, 0.717) is 28.7 Å². The van der Waals surface area contributed by atoms with Gasteiger partial charge in [-0.25, -0.2) is 4.79 Å². The van der Waals surface area contributed by atoms with Crippen LogP contribution in [0.2, 0.25) is 0 Å². The Hall–Kier alpha value is -3.35. The Morgan fingerprint density at radius 2 is 1.38 bits per heavy atom. The summed E-state index contributed by atoms with van der Waals surface area (Å²) in [5.74, 6) is 2.26. The van der Waals surface area contributed by atoms with Gasteiger partial charge in [-0.2, -0.15) is 0 Å². The van der Waals surface area contributed by atoms with Crippen molar-refractivity contribution in [1.29, 1.82) is 0 Å². The summed E-state index contributed by atoms with van der Waals surface area (Å²) in [5, 5.41) is 0. The van der Waals surface area contributed by atoms with Crippen molar-refractivity contribution < 1.29 is 33.2 Å². The van der Waals surface area contributed by atoms with Crippen molar-refractivity contribution in [1.82, 2.24) is 0 Å². The van der Waals surface area contributed by atoms with Gasteiger partial charge in [0, 0.05) is 17.2 Å². The monoisotopic (exact) mass is 402 g/mol. The number of carbonyl (C=O) groups is 1. The van der Waals surface area contributed by atoms with Gasteiger partial charge in [0.05, 0.1) is 35.5 Å². The maximum absolute atomic E-state index is 11.2. The van der Waals surface area contributed by atoms with Crippen molar-refractivity contribution in [3.8, 4) is 28.7 Å². The molecule has 0 aliphatic carbocycles. The number of esters is 1. The minimum absolute atomic E-state index is 0.239. The summed E-state index contributed by atoms with van der Waals surface area (Å²) in [4.78, 5) is 11.2. The van der Waals surface area contributed by atoms with Gasteiger partial charge in [-0.05, 0) is 30.7 Å². The smallest absolute Gasteiger partial charge is 0.330 e. The van der Waals surface area contributed by atoms with Gasteiger partial charge in [-0.15, -0.1) is 0 Å². The van der Waals surface area contributed by atoms with Crippen LogP contribution in [0.3, 0.4) is 0 Å². The van der Waals surface area contributed by atoms with Crippen molar-refractivity contribution in [2.45, 2.75) is 13.5 Å². The number of methoxy groups -OCH3 is 5. The van der Waals surface area contributed by atoms with E-state index >= 15 is 0 Å². The summed E-state index contributed by atoms with van der Waals surface area (Å²) in [5.41, 5.74) is 2.47. The van der Waals surface area contributed by atoms with E-state index in [4.69, 9.17) is 23.7 Å². The first-order valence-corrected chi connectivity index (χ1v) is 8.84. The molecule has 0 amide bonds. The number of benzene rings is 2. The third kappa shape index (κ3) is 4.93.